The lowest BCUT2D eigenvalue weighted by Gasteiger charge is -2.03. The van der Waals surface area contributed by atoms with Gasteiger partial charge in [0.15, 0.2) is 0 Å². The molecule has 0 bridgehead atoms. The van der Waals surface area contributed by atoms with E-state index < -0.39 is 0 Å². The molecule has 0 saturated heterocycles. The Hall–Kier alpha value is -2.11. The summed E-state index contributed by atoms with van der Waals surface area (Å²) < 4.78 is 4.19. The third-order valence-electron chi connectivity index (χ3n) is 6.26. The summed E-state index contributed by atoms with van der Waals surface area (Å²) in [6.45, 7) is 8.81. The van der Waals surface area contributed by atoms with E-state index in [2.05, 4.69) is 85.6 Å². The molecule has 0 heterocycles. The zero-order valence-corrected chi connectivity index (χ0v) is 25.0. The largest absolute Gasteiger partial charge is 0.220 e. The van der Waals surface area contributed by atoms with Crippen molar-refractivity contribution < 1.29 is 14.6 Å². The molecule has 3 aromatic rings. The Balaban J connectivity index is 0.000000291. The molecule has 0 aromatic heterocycles. The van der Waals surface area contributed by atoms with Gasteiger partial charge < -0.3 is 0 Å². The van der Waals surface area contributed by atoms with E-state index in [9.17, 15) is 0 Å². The van der Waals surface area contributed by atoms with Crippen LogP contribution in [0.25, 0.3) is 0 Å². The van der Waals surface area contributed by atoms with Gasteiger partial charge in [-0.15, -0.1) is 4.33 Å². The van der Waals surface area contributed by atoms with Crippen molar-refractivity contribution >= 4 is 12.0 Å². The van der Waals surface area contributed by atoms with Crippen molar-refractivity contribution in [3.63, 3.8) is 0 Å². The normalized spacial score (nSPS) is 10.2. The summed E-state index contributed by atoms with van der Waals surface area (Å²) >= 11 is 0.948. The molecule has 38 heavy (non-hydrogen) atoms. The molecular weight excluding hydrogens is 488 g/mol. The molecule has 0 fully saturated rings. The van der Waals surface area contributed by atoms with E-state index in [0.29, 0.717) is 0 Å². The average Bonchev–Trinajstić information content (AvgIpc) is 2.95. The first-order valence-corrected chi connectivity index (χ1v) is 15.1. The fraction of sp³-hybridized carbons (Fsp3) is 0.471. The van der Waals surface area contributed by atoms with Crippen molar-refractivity contribution in [1.82, 2.24) is 0 Å². The quantitative estimate of drug-likeness (QED) is 0.0903. The topological polar surface area (TPSA) is 38.7 Å². The minimum absolute atomic E-state index is 0.872. The molecule has 0 amide bonds. The van der Waals surface area contributed by atoms with Gasteiger partial charge in [0.05, 0.1) is 12.0 Å². The van der Waals surface area contributed by atoms with Crippen molar-refractivity contribution in [2.75, 3.05) is 0 Å². The predicted octanol–water partition coefficient (Wildman–Crippen LogP) is 11.3. The van der Waals surface area contributed by atoms with Crippen molar-refractivity contribution in [3.8, 4) is 0 Å². The summed E-state index contributed by atoms with van der Waals surface area (Å²) in [6.07, 6.45) is 17.0. The molecular formula is C34H50O3S. The van der Waals surface area contributed by atoms with Gasteiger partial charge in [-0.3, -0.25) is 0 Å². The van der Waals surface area contributed by atoms with Gasteiger partial charge in [0.25, 0.3) is 0 Å². The van der Waals surface area contributed by atoms with E-state index in [1.807, 2.05) is 30.3 Å². The smallest absolute Gasteiger partial charge is 0.0714 e. The first-order valence-electron chi connectivity index (χ1n) is 14.4. The van der Waals surface area contributed by atoms with Crippen molar-refractivity contribution in [1.29, 1.82) is 0 Å². The third kappa shape index (κ3) is 19.0. The molecule has 0 radical (unpaired) electrons. The zero-order valence-electron chi connectivity index (χ0n) is 24.2. The average molecular weight is 539 g/mol. The summed E-state index contributed by atoms with van der Waals surface area (Å²) in [5.41, 5.74) is 5.40. The van der Waals surface area contributed by atoms with Gasteiger partial charge in [-0.1, -0.05) is 167 Å². The molecule has 210 valence electrons. The van der Waals surface area contributed by atoms with E-state index >= 15 is 0 Å². The van der Waals surface area contributed by atoms with Crippen molar-refractivity contribution in [3.05, 3.63) is 101 Å². The fourth-order valence-corrected chi connectivity index (χ4v) is 4.29. The predicted molar refractivity (Wildman–Crippen MR) is 164 cm³/mol. The number of hydrogen-bond acceptors (Lipinski definition) is 4. The Labute approximate surface area is 237 Å². The highest BCUT2D eigenvalue weighted by Gasteiger charge is 1.96. The number of benzene rings is 3. The van der Waals surface area contributed by atoms with E-state index in [1.165, 1.54) is 92.9 Å². The minimum atomic E-state index is 0.872. The summed E-state index contributed by atoms with van der Waals surface area (Å²) in [5.74, 6) is 0. The second-order valence-corrected chi connectivity index (χ2v) is 10.6. The second-order valence-electron chi connectivity index (χ2n) is 9.87. The highest BCUT2D eigenvalue weighted by molar-refractivity contribution is 7.94. The first kappa shape index (κ1) is 33.9. The van der Waals surface area contributed by atoms with E-state index in [0.717, 1.165) is 23.4 Å². The van der Waals surface area contributed by atoms with Crippen LogP contribution in [-0.2, 0) is 15.8 Å². The number of unbranched alkanes of at least 4 members (excludes halogenated alkanes) is 10. The monoisotopic (exact) mass is 538 g/mol. The summed E-state index contributed by atoms with van der Waals surface area (Å²) in [4.78, 5) is 0.872. The summed E-state index contributed by atoms with van der Waals surface area (Å²) in [5, 5.41) is 11.2. The Morgan fingerprint density at radius 2 is 0.947 bits per heavy atom. The van der Waals surface area contributed by atoms with Gasteiger partial charge in [-0.05, 0) is 43.5 Å². The van der Waals surface area contributed by atoms with Crippen LogP contribution in [0.3, 0.4) is 0 Å². The lowest BCUT2D eigenvalue weighted by atomic mass is 10.0. The molecule has 4 heteroatoms. The van der Waals surface area contributed by atoms with E-state index in [4.69, 9.17) is 5.26 Å². The molecule has 1 N–H and O–H groups in total. The third-order valence-corrected chi connectivity index (χ3v) is 6.85. The van der Waals surface area contributed by atoms with E-state index in [1.54, 1.807) is 0 Å². The van der Waals surface area contributed by atoms with Crippen molar-refractivity contribution in [2.45, 2.75) is 110 Å². The van der Waals surface area contributed by atoms with Gasteiger partial charge in [0.1, 0.15) is 0 Å². The highest BCUT2D eigenvalue weighted by Crippen LogP contribution is 2.17. The molecule has 0 aliphatic carbocycles. The van der Waals surface area contributed by atoms with Crippen LogP contribution in [0.5, 0.6) is 0 Å². The minimum Gasteiger partial charge on any atom is -0.220 e. The van der Waals surface area contributed by atoms with Crippen LogP contribution >= 0.6 is 12.0 Å². The molecule has 0 saturated carbocycles. The first-order chi connectivity index (χ1) is 18.6. The highest BCUT2D eigenvalue weighted by atomic mass is 32.2. The Kier molecular flexibility index (Phi) is 21.4. The van der Waals surface area contributed by atoms with Crippen LogP contribution < -0.4 is 0 Å². The van der Waals surface area contributed by atoms with Gasteiger partial charge in [-0.2, -0.15) is 0 Å². The van der Waals surface area contributed by atoms with Crippen LogP contribution in [0.2, 0.25) is 0 Å². The molecule has 3 rings (SSSR count). The Morgan fingerprint density at radius 1 is 0.553 bits per heavy atom. The van der Waals surface area contributed by atoms with Gasteiger partial charge >= 0.3 is 0 Å². The van der Waals surface area contributed by atoms with Crippen LogP contribution in [0, 0.1) is 13.8 Å². The standard InChI is InChI=1S/C15H16.C13H28.C6H6O3S/c1-12-3-7-14(8-4-12)11-15-9-5-13(2)6-10-15;1-3-5-7-9-11-13-12-10-8-6-4-2;7-8-9-10-6-4-2-1-3-5-6/h3-10H,11H2,1-2H3;3-13H2,1-2H3;1-5,7H. The Morgan fingerprint density at radius 3 is 1.32 bits per heavy atom. The van der Waals surface area contributed by atoms with Gasteiger partial charge in [0.2, 0.25) is 0 Å². The van der Waals surface area contributed by atoms with Crippen molar-refractivity contribution in [2.24, 2.45) is 0 Å². The molecule has 0 atom stereocenters. The van der Waals surface area contributed by atoms with Gasteiger partial charge in [-0.25, -0.2) is 5.26 Å². The molecule has 0 aliphatic heterocycles. The lowest BCUT2D eigenvalue weighted by Crippen LogP contribution is -1.88. The SMILES string of the molecule is CCCCCCCCCCCCC.Cc1ccc(Cc2ccc(C)cc2)cc1.OOOSc1ccccc1. The maximum absolute atomic E-state index is 7.78. The summed E-state index contributed by atoms with van der Waals surface area (Å²) in [7, 11) is 0. The molecule has 3 nitrogen and oxygen atoms in total. The van der Waals surface area contributed by atoms with Crippen LogP contribution in [-0.4, -0.2) is 5.26 Å². The maximum atomic E-state index is 7.78. The van der Waals surface area contributed by atoms with E-state index in [-0.39, 0.29) is 0 Å². The lowest BCUT2D eigenvalue weighted by molar-refractivity contribution is -0.432. The maximum Gasteiger partial charge on any atom is 0.0714 e. The number of hydrogen-bond donors (Lipinski definition) is 1. The number of rotatable bonds is 15. The van der Waals surface area contributed by atoms with Crippen LogP contribution in [0.15, 0.2) is 83.8 Å². The van der Waals surface area contributed by atoms with Crippen LogP contribution in [0.4, 0.5) is 0 Å². The molecule has 0 unspecified atom stereocenters. The van der Waals surface area contributed by atoms with Gasteiger partial charge in [0, 0.05) is 4.90 Å². The molecule has 0 aliphatic rings. The summed E-state index contributed by atoms with van der Waals surface area (Å²) in [6, 6.07) is 26.8. The fourth-order valence-electron chi connectivity index (χ4n) is 3.92. The number of aryl methyl sites for hydroxylation is 2. The zero-order chi connectivity index (χ0) is 27.7. The Bertz CT molecular complexity index is 842. The molecule has 3 aromatic carbocycles. The van der Waals surface area contributed by atoms with Crippen LogP contribution in [0.1, 0.15) is 107 Å². The second kappa shape index (κ2) is 24.0. The molecule has 0 spiro atoms.